The highest BCUT2D eigenvalue weighted by Gasteiger charge is 2.22. The molecule has 1 aliphatic rings. The molecule has 0 aromatic heterocycles. The molecule has 1 rings (SSSR count). The van der Waals surface area contributed by atoms with Crippen LogP contribution < -0.4 is 0 Å². The average molecular weight is 188 g/mol. The summed E-state index contributed by atoms with van der Waals surface area (Å²) in [6, 6.07) is 0. The van der Waals surface area contributed by atoms with Crippen molar-refractivity contribution >= 4 is 11.6 Å². The van der Waals surface area contributed by atoms with Gasteiger partial charge in [-0.3, -0.25) is 9.59 Å². The summed E-state index contributed by atoms with van der Waals surface area (Å²) in [5.74, 6) is -0.881. The molecular weight excluding hydrogens is 176 g/mol. The van der Waals surface area contributed by atoms with E-state index in [-0.39, 0.29) is 0 Å². The van der Waals surface area contributed by atoms with Crippen LogP contribution in [-0.2, 0) is 9.59 Å². The number of ketones is 2. The first kappa shape index (κ1) is 10.4. The Bertz CT molecular complexity index is 368. The maximum absolute atomic E-state index is 11.5. The lowest BCUT2D eigenvalue weighted by Crippen LogP contribution is -2.18. The molecular formula is C12H12O2. The summed E-state index contributed by atoms with van der Waals surface area (Å²) in [4.78, 5) is 22.6. The van der Waals surface area contributed by atoms with Crippen LogP contribution in [-0.4, -0.2) is 11.6 Å². The van der Waals surface area contributed by atoms with E-state index in [0.717, 1.165) is 12.0 Å². The van der Waals surface area contributed by atoms with Gasteiger partial charge in [0.25, 0.3) is 0 Å². The summed E-state index contributed by atoms with van der Waals surface area (Å²) in [7, 11) is 0. The van der Waals surface area contributed by atoms with Crippen LogP contribution in [0.4, 0.5) is 0 Å². The number of Topliss-reactive ketones (excluding diaryl/α,β-unsaturated/α-hetero) is 1. The zero-order valence-electron chi connectivity index (χ0n) is 8.12. The molecule has 72 valence electrons. The van der Waals surface area contributed by atoms with Crippen molar-refractivity contribution in [3.8, 4) is 0 Å². The van der Waals surface area contributed by atoms with Crippen molar-refractivity contribution < 1.29 is 9.59 Å². The molecule has 0 N–H and O–H groups in total. The van der Waals surface area contributed by atoms with Crippen molar-refractivity contribution in [3.63, 3.8) is 0 Å². The van der Waals surface area contributed by atoms with Crippen molar-refractivity contribution in [2.24, 2.45) is 0 Å². The highest BCUT2D eigenvalue weighted by atomic mass is 16.2. The lowest BCUT2D eigenvalue weighted by molar-refractivity contribution is -0.131. The van der Waals surface area contributed by atoms with Gasteiger partial charge in [0.05, 0.1) is 0 Å². The molecule has 1 aliphatic carbocycles. The van der Waals surface area contributed by atoms with E-state index in [2.05, 4.69) is 6.58 Å². The van der Waals surface area contributed by atoms with Gasteiger partial charge < -0.3 is 0 Å². The van der Waals surface area contributed by atoms with Crippen molar-refractivity contribution in [2.75, 3.05) is 0 Å². The summed E-state index contributed by atoms with van der Waals surface area (Å²) < 4.78 is 0. The monoisotopic (exact) mass is 188 g/mol. The number of rotatable bonds is 2. The molecule has 2 heteroatoms. The Kier molecular flexibility index (Phi) is 3.35. The van der Waals surface area contributed by atoms with Gasteiger partial charge in [-0.1, -0.05) is 37.8 Å². The average Bonchev–Trinajstić information content (AvgIpc) is 2.18. The Morgan fingerprint density at radius 1 is 1.36 bits per heavy atom. The highest BCUT2D eigenvalue weighted by molar-refractivity contribution is 6.49. The summed E-state index contributed by atoms with van der Waals surface area (Å²) in [6.45, 7) is 5.48. The first-order valence-corrected chi connectivity index (χ1v) is 4.50. The molecule has 14 heavy (non-hydrogen) atoms. The zero-order chi connectivity index (χ0) is 10.6. The molecule has 0 saturated heterocycles. The number of allylic oxidation sites excluding steroid dienone is 7. The molecule has 0 aromatic rings. The number of hydrogen-bond acceptors (Lipinski definition) is 2. The Balaban J connectivity index is 3.20. The third kappa shape index (κ3) is 1.96. The fourth-order valence-corrected chi connectivity index (χ4v) is 1.28. The number of carbonyl (C=O) groups excluding carboxylic acids is 2. The highest BCUT2D eigenvalue weighted by Crippen LogP contribution is 2.19. The predicted octanol–water partition coefficient (Wildman–Crippen LogP) is 2.14. The Morgan fingerprint density at radius 3 is 2.64 bits per heavy atom. The quantitative estimate of drug-likeness (QED) is 0.491. The van der Waals surface area contributed by atoms with Gasteiger partial charge in [0.15, 0.2) is 0 Å². The van der Waals surface area contributed by atoms with Crippen molar-refractivity contribution in [2.45, 2.75) is 13.3 Å². The predicted molar refractivity (Wildman–Crippen MR) is 55.8 cm³/mol. The minimum Gasteiger partial charge on any atom is -0.286 e. The van der Waals surface area contributed by atoms with E-state index in [4.69, 9.17) is 0 Å². The molecule has 0 fully saturated rings. The van der Waals surface area contributed by atoms with E-state index in [0.29, 0.717) is 5.57 Å². The second-order valence-corrected chi connectivity index (χ2v) is 2.91. The van der Waals surface area contributed by atoms with E-state index in [1.807, 2.05) is 6.92 Å². The number of carbonyl (C=O) groups is 2. The van der Waals surface area contributed by atoms with Gasteiger partial charge in [-0.2, -0.15) is 0 Å². The fourth-order valence-electron chi connectivity index (χ4n) is 1.28. The molecule has 0 heterocycles. The van der Waals surface area contributed by atoms with Crippen molar-refractivity contribution in [3.05, 3.63) is 48.1 Å². The van der Waals surface area contributed by atoms with Crippen LogP contribution in [0, 0.1) is 0 Å². The van der Waals surface area contributed by atoms with E-state index >= 15 is 0 Å². The van der Waals surface area contributed by atoms with E-state index in [9.17, 15) is 9.59 Å². The zero-order valence-corrected chi connectivity index (χ0v) is 8.12. The summed E-state index contributed by atoms with van der Waals surface area (Å²) >= 11 is 0. The van der Waals surface area contributed by atoms with Gasteiger partial charge in [-0.05, 0) is 18.1 Å². The summed E-state index contributed by atoms with van der Waals surface area (Å²) in [5, 5.41) is 0. The second kappa shape index (κ2) is 4.51. The summed E-state index contributed by atoms with van der Waals surface area (Å²) in [6.07, 6.45) is 8.77. The SMILES string of the molecule is C=C/C=C1/C=CC(=O)C(=O)/C1=C/CC. The smallest absolute Gasteiger partial charge is 0.233 e. The minimum atomic E-state index is -0.453. The third-order valence-electron chi connectivity index (χ3n) is 1.90. The molecule has 0 atom stereocenters. The largest absolute Gasteiger partial charge is 0.286 e. The molecule has 0 aliphatic heterocycles. The minimum absolute atomic E-state index is 0.428. The molecule has 0 amide bonds. The van der Waals surface area contributed by atoms with E-state index in [1.165, 1.54) is 6.08 Å². The standard InChI is InChI=1S/C12H12O2/c1-3-5-9-7-8-11(13)12(14)10(9)6-4-2/h3,5-8H,1,4H2,2H3/b9-5-,10-6+. The van der Waals surface area contributed by atoms with Crippen molar-refractivity contribution in [1.29, 1.82) is 0 Å². The van der Waals surface area contributed by atoms with Gasteiger partial charge in [-0.15, -0.1) is 0 Å². The Morgan fingerprint density at radius 2 is 2.07 bits per heavy atom. The molecule has 0 unspecified atom stereocenters. The number of hydrogen-bond donors (Lipinski definition) is 0. The maximum Gasteiger partial charge on any atom is 0.233 e. The maximum atomic E-state index is 11.5. The van der Waals surface area contributed by atoms with Crippen LogP contribution >= 0.6 is 0 Å². The van der Waals surface area contributed by atoms with E-state index in [1.54, 1.807) is 24.3 Å². The first-order valence-electron chi connectivity index (χ1n) is 4.50. The molecule has 0 saturated carbocycles. The van der Waals surface area contributed by atoms with Gasteiger partial charge in [-0.25, -0.2) is 0 Å². The normalized spacial score (nSPS) is 22.1. The van der Waals surface area contributed by atoms with Crippen LogP contribution in [0.5, 0.6) is 0 Å². The third-order valence-corrected chi connectivity index (χ3v) is 1.90. The molecule has 0 bridgehead atoms. The molecule has 0 radical (unpaired) electrons. The topological polar surface area (TPSA) is 34.1 Å². The Labute approximate surface area is 83.3 Å². The lowest BCUT2D eigenvalue weighted by atomic mass is 9.92. The van der Waals surface area contributed by atoms with Crippen LogP contribution in [0.3, 0.4) is 0 Å². The van der Waals surface area contributed by atoms with Crippen molar-refractivity contribution in [1.82, 2.24) is 0 Å². The first-order chi connectivity index (χ1) is 6.70. The van der Waals surface area contributed by atoms with E-state index < -0.39 is 11.6 Å². The van der Waals surface area contributed by atoms with Gasteiger partial charge in [0, 0.05) is 5.57 Å². The van der Waals surface area contributed by atoms with Crippen LogP contribution in [0.2, 0.25) is 0 Å². The van der Waals surface area contributed by atoms with Crippen LogP contribution in [0.1, 0.15) is 13.3 Å². The molecule has 0 aromatic carbocycles. The summed E-state index contributed by atoms with van der Waals surface area (Å²) in [5.41, 5.74) is 1.24. The molecule has 0 spiro atoms. The van der Waals surface area contributed by atoms with Gasteiger partial charge in [0.2, 0.25) is 11.6 Å². The van der Waals surface area contributed by atoms with Gasteiger partial charge in [0.1, 0.15) is 0 Å². The Hall–Kier alpha value is -1.70. The molecule has 2 nitrogen and oxygen atoms in total. The van der Waals surface area contributed by atoms with Gasteiger partial charge >= 0.3 is 0 Å². The fraction of sp³-hybridized carbons (Fsp3) is 0.167. The lowest BCUT2D eigenvalue weighted by Gasteiger charge is -2.09. The second-order valence-electron chi connectivity index (χ2n) is 2.91. The van der Waals surface area contributed by atoms with Crippen LogP contribution in [0.15, 0.2) is 48.1 Å². The van der Waals surface area contributed by atoms with Crippen LogP contribution in [0.25, 0.3) is 0 Å².